The molecule has 0 spiro atoms. The summed E-state index contributed by atoms with van der Waals surface area (Å²) in [5.41, 5.74) is 5.60. The van der Waals surface area contributed by atoms with Gasteiger partial charge in [0.25, 0.3) is 0 Å². The lowest BCUT2D eigenvalue weighted by atomic mass is 9.99. The minimum atomic E-state index is 0.296. The maximum atomic E-state index is 4.18. The van der Waals surface area contributed by atoms with Crippen LogP contribution in [0.25, 0.3) is 11.1 Å². The van der Waals surface area contributed by atoms with E-state index in [0.29, 0.717) is 10.5 Å². The van der Waals surface area contributed by atoms with Gasteiger partial charge < -0.3 is 0 Å². The van der Waals surface area contributed by atoms with Crippen molar-refractivity contribution in [2.24, 2.45) is 0 Å². The summed E-state index contributed by atoms with van der Waals surface area (Å²) >= 11 is 0. The van der Waals surface area contributed by atoms with E-state index >= 15 is 0 Å². The normalized spacial score (nSPS) is 11.5. The van der Waals surface area contributed by atoms with Crippen molar-refractivity contribution in [1.82, 2.24) is 0 Å². The Bertz CT molecular complexity index is 724. The summed E-state index contributed by atoms with van der Waals surface area (Å²) in [6.07, 6.45) is 16.9. The Hall–Kier alpha value is -1.86. The van der Waals surface area contributed by atoms with Crippen LogP contribution in [0.3, 0.4) is 0 Å². The lowest BCUT2D eigenvalue weighted by Gasteiger charge is -2.12. The third-order valence-corrected chi connectivity index (χ3v) is 7.68. The molecule has 0 radical (unpaired) electrons. The first-order valence-electron chi connectivity index (χ1n) is 13.7. The van der Waals surface area contributed by atoms with Gasteiger partial charge in [0.2, 0.25) is 0 Å². The van der Waals surface area contributed by atoms with Crippen molar-refractivity contribution in [3.8, 4) is 11.1 Å². The summed E-state index contributed by atoms with van der Waals surface area (Å²) < 4.78 is 0. The van der Waals surface area contributed by atoms with Crippen LogP contribution in [-0.4, -0.2) is 17.4 Å². The summed E-state index contributed by atoms with van der Waals surface area (Å²) in [5.74, 6) is 4.18. The molecule has 0 saturated carbocycles. The largest absolute Gasteiger partial charge is 0.193 e. The van der Waals surface area contributed by atoms with E-state index in [-0.39, 0.29) is 0 Å². The molecule has 2 rings (SSSR count). The molecule has 35 heavy (non-hydrogen) atoms. The molecule has 0 N–H and O–H groups in total. The molecular weight excluding hydrogens is 440 g/mol. The average Bonchev–Trinajstić information content (AvgIpc) is 2.92. The van der Waals surface area contributed by atoms with Gasteiger partial charge in [-0.15, -0.1) is 26.3 Å². The van der Waals surface area contributed by atoms with Crippen LogP contribution in [0.2, 0.25) is 0 Å². The SMILES string of the molecule is C=C.C=C.C=S(C)C(C)CCCc1ccc(-c2ccc(CCCCCCCCC)cc2)cc1.CC. The zero-order valence-corrected chi connectivity index (χ0v) is 24.7. The molecule has 0 aliphatic rings. The van der Waals surface area contributed by atoms with Crippen LogP contribution in [0.4, 0.5) is 0 Å². The third kappa shape index (κ3) is 17.3. The van der Waals surface area contributed by atoms with Crippen LogP contribution >= 0.6 is 10.5 Å². The van der Waals surface area contributed by atoms with Crippen molar-refractivity contribution in [2.75, 3.05) is 6.26 Å². The molecule has 0 nitrogen and oxygen atoms in total. The number of benzene rings is 2. The first kappa shape index (κ1) is 35.3. The summed E-state index contributed by atoms with van der Waals surface area (Å²) in [6, 6.07) is 18.4. The van der Waals surface area contributed by atoms with Gasteiger partial charge in [-0.3, -0.25) is 0 Å². The van der Waals surface area contributed by atoms with Crippen molar-refractivity contribution in [1.29, 1.82) is 0 Å². The molecule has 0 saturated heterocycles. The van der Waals surface area contributed by atoms with Gasteiger partial charge in [0.1, 0.15) is 0 Å². The van der Waals surface area contributed by atoms with Crippen LogP contribution in [0.15, 0.2) is 74.8 Å². The zero-order chi connectivity index (χ0) is 26.9. The standard InChI is InChI=1S/C28H42S.C2H6.2C2H4/c1-5-6-7-8-9-10-11-14-25-16-20-27(21-17-25)28-22-18-26(19-23-28)15-12-13-24(2)29(3)4;3*1-2/h16-24H,3,5-15H2,1-2,4H3;1-2H3;2*1-2H2. The molecule has 2 unspecified atom stereocenters. The molecule has 2 aromatic carbocycles. The van der Waals surface area contributed by atoms with E-state index in [0.717, 1.165) is 5.25 Å². The molecule has 0 aliphatic carbocycles. The molecule has 0 aromatic heterocycles. The fraction of sp³-hybridized carbons (Fsp3) is 0.500. The van der Waals surface area contributed by atoms with Gasteiger partial charge in [0.05, 0.1) is 0 Å². The van der Waals surface area contributed by atoms with Crippen LogP contribution in [-0.2, 0) is 12.8 Å². The molecule has 0 bridgehead atoms. The Balaban J connectivity index is 0. The van der Waals surface area contributed by atoms with Gasteiger partial charge in [-0.25, -0.2) is 0 Å². The van der Waals surface area contributed by atoms with Crippen molar-refractivity contribution in [3.63, 3.8) is 0 Å². The number of rotatable bonds is 14. The maximum absolute atomic E-state index is 4.18. The second-order valence-corrected chi connectivity index (χ2v) is 10.8. The second kappa shape index (κ2) is 25.2. The predicted molar refractivity (Wildman–Crippen MR) is 170 cm³/mol. The Morgan fingerprint density at radius 3 is 1.40 bits per heavy atom. The number of unbranched alkanes of at least 4 members (excludes halogenated alkanes) is 6. The van der Waals surface area contributed by atoms with Crippen molar-refractivity contribution < 1.29 is 0 Å². The highest BCUT2D eigenvalue weighted by atomic mass is 32.2. The van der Waals surface area contributed by atoms with Gasteiger partial charge in [-0.05, 0) is 65.9 Å². The van der Waals surface area contributed by atoms with Crippen LogP contribution in [0.5, 0.6) is 0 Å². The third-order valence-electron chi connectivity index (χ3n) is 6.07. The Kier molecular flexibility index (Phi) is 25.5. The summed E-state index contributed by atoms with van der Waals surface area (Å²) in [4.78, 5) is 0. The molecule has 0 heterocycles. The van der Waals surface area contributed by atoms with Crippen LogP contribution < -0.4 is 0 Å². The quantitative estimate of drug-likeness (QED) is 0.138. The molecule has 0 fully saturated rings. The Morgan fingerprint density at radius 2 is 1.00 bits per heavy atom. The van der Waals surface area contributed by atoms with E-state index in [1.165, 1.54) is 92.9 Å². The molecular formula is C34H56S. The highest BCUT2D eigenvalue weighted by Crippen LogP contribution is 2.23. The van der Waals surface area contributed by atoms with E-state index in [1.54, 1.807) is 0 Å². The average molecular weight is 497 g/mol. The molecule has 2 atom stereocenters. The van der Waals surface area contributed by atoms with Crippen molar-refractivity contribution in [3.05, 3.63) is 86.0 Å². The highest BCUT2D eigenvalue weighted by molar-refractivity contribution is 8.14. The molecule has 1 heteroatoms. The van der Waals surface area contributed by atoms with Crippen molar-refractivity contribution in [2.45, 2.75) is 104 Å². The topological polar surface area (TPSA) is 0 Å². The van der Waals surface area contributed by atoms with Gasteiger partial charge in [0.15, 0.2) is 0 Å². The molecule has 2 aromatic rings. The fourth-order valence-electron chi connectivity index (χ4n) is 3.81. The molecule has 0 amide bonds. The first-order valence-corrected chi connectivity index (χ1v) is 15.6. The smallest absolute Gasteiger partial charge is 0.00389 e. The van der Waals surface area contributed by atoms with Gasteiger partial charge in [-0.2, -0.15) is 10.5 Å². The van der Waals surface area contributed by atoms with E-state index in [2.05, 4.69) is 101 Å². The fourth-order valence-corrected chi connectivity index (χ4v) is 4.38. The summed E-state index contributed by atoms with van der Waals surface area (Å²) in [6.45, 7) is 20.6. The predicted octanol–water partition coefficient (Wildman–Crippen LogP) is 11.3. The van der Waals surface area contributed by atoms with Gasteiger partial charge in [-0.1, -0.05) is 121 Å². The minimum Gasteiger partial charge on any atom is -0.193 e. The van der Waals surface area contributed by atoms with Crippen LogP contribution in [0, 0.1) is 0 Å². The van der Waals surface area contributed by atoms with Gasteiger partial charge in [0, 0.05) is 0 Å². The summed E-state index contributed by atoms with van der Waals surface area (Å²) in [7, 11) is 0.296. The number of aryl methyl sites for hydroxylation is 2. The molecule has 198 valence electrons. The zero-order valence-electron chi connectivity index (χ0n) is 23.9. The van der Waals surface area contributed by atoms with Gasteiger partial charge >= 0.3 is 0 Å². The Morgan fingerprint density at radius 1 is 0.629 bits per heavy atom. The second-order valence-electron chi connectivity index (χ2n) is 8.66. The minimum absolute atomic E-state index is 0.296. The van der Waals surface area contributed by atoms with E-state index in [1.807, 2.05) is 13.8 Å². The van der Waals surface area contributed by atoms with E-state index in [4.69, 9.17) is 0 Å². The van der Waals surface area contributed by atoms with E-state index < -0.39 is 0 Å². The number of hydrogen-bond donors (Lipinski definition) is 0. The first-order chi connectivity index (χ1) is 17.1. The Labute approximate surface area is 222 Å². The monoisotopic (exact) mass is 496 g/mol. The lowest BCUT2D eigenvalue weighted by Crippen LogP contribution is -1.98. The lowest BCUT2D eigenvalue weighted by molar-refractivity contribution is 0.589. The number of hydrogen-bond acceptors (Lipinski definition) is 0. The van der Waals surface area contributed by atoms with Crippen LogP contribution in [0.1, 0.15) is 96.6 Å². The van der Waals surface area contributed by atoms with Crippen molar-refractivity contribution >= 4 is 16.4 Å². The highest BCUT2D eigenvalue weighted by Gasteiger charge is 2.03. The maximum Gasteiger partial charge on any atom is -0.00389 e. The van der Waals surface area contributed by atoms with E-state index in [9.17, 15) is 0 Å². The molecule has 0 aliphatic heterocycles. The summed E-state index contributed by atoms with van der Waals surface area (Å²) in [5, 5.41) is 0.744.